The van der Waals surface area contributed by atoms with Gasteiger partial charge < -0.3 is 24.6 Å². The summed E-state index contributed by atoms with van der Waals surface area (Å²) in [6.07, 6.45) is 4.84. The van der Waals surface area contributed by atoms with E-state index in [0.29, 0.717) is 12.4 Å². The van der Waals surface area contributed by atoms with Gasteiger partial charge in [0.25, 0.3) is 0 Å². The zero-order valence-electron chi connectivity index (χ0n) is 16.3. The van der Waals surface area contributed by atoms with Gasteiger partial charge in [0.05, 0.1) is 18.2 Å². The van der Waals surface area contributed by atoms with E-state index in [1.54, 1.807) is 12.3 Å². The molecule has 5 nitrogen and oxygen atoms in total. The first-order chi connectivity index (χ1) is 14.7. The summed E-state index contributed by atoms with van der Waals surface area (Å²) in [5.74, 6) is 0.295. The molecule has 1 spiro atoms. The van der Waals surface area contributed by atoms with Crippen molar-refractivity contribution in [2.24, 2.45) is 0 Å². The molecular formula is C25H21NO4. The molecule has 0 saturated heterocycles. The number of rotatable bonds is 2. The molecule has 1 atom stereocenters. The molecule has 0 fully saturated rings. The zero-order chi connectivity index (χ0) is 20.3. The SMILES string of the molecule is Oc1cc2c(cc1O)C1(CO2)c2ccccc2N(CC2CC=CO2)c2ccccc21. The van der Waals surface area contributed by atoms with Crippen LogP contribution in [0.1, 0.15) is 23.1 Å². The summed E-state index contributed by atoms with van der Waals surface area (Å²) in [6, 6.07) is 19.9. The second kappa shape index (κ2) is 6.20. The molecule has 150 valence electrons. The highest BCUT2D eigenvalue weighted by Crippen LogP contribution is 2.58. The fourth-order valence-electron chi connectivity index (χ4n) is 5.08. The Morgan fingerprint density at radius 1 is 0.900 bits per heavy atom. The van der Waals surface area contributed by atoms with Crippen LogP contribution in [0.3, 0.4) is 0 Å². The first kappa shape index (κ1) is 17.3. The monoisotopic (exact) mass is 399 g/mol. The predicted octanol–water partition coefficient (Wildman–Crippen LogP) is 4.58. The summed E-state index contributed by atoms with van der Waals surface area (Å²) < 4.78 is 11.9. The van der Waals surface area contributed by atoms with Crippen LogP contribution in [-0.2, 0) is 10.2 Å². The molecule has 5 heteroatoms. The number of benzene rings is 3. The van der Waals surface area contributed by atoms with Crippen LogP contribution in [0.25, 0.3) is 0 Å². The van der Waals surface area contributed by atoms with Crippen molar-refractivity contribution in [3.05, 3.63) is 89.7 Å². The number of anilines is 2. The van der Waals surface area contributed by atoms with E-state index in [2.05, 4.69) is 35.2 Å². The number of para-hydroxylation sites is 2. The van der Waals surface area contributed by atoms with Crippen molar-refractivity contribution in [3.8, 4) is 17.2 Å². The molecule has 0 saturated carbocycles. The number of phenolic OH excluding ortho intramolecular Hbond substituents is 2. The van der Waals surface area contributed by atoms with Crippen molar-refractivity contribution in [2.45, 2.75) is 17.9 Å². The number of aromatic hydroxyl groups is 2. The molecule has 0 bridgehead atoms. The predicted molar refractivity (Wildman–Crippen MR) is 114 cm³/mol. The fourth-order valence-corrected chi connectivity index (χ4v) is 5.08. The summed E-state index contributed by atoms with van der Waals surface area (Å²) in [6.45, 7) is 1.15. The molecule has 0 radical (unpaired) electrons. The van der Waals surface area contributed by atoms with Crippen LogP contribution < -0.4 is 9.64 Å². The van der Waals surface area contributed by atoms with Crippen molar-refractivity contribution in [1.29, 1.82) is 0 Å². The largest absolute Gasteiger partial charge is 0.504 e. The summed E-state index contributed by atoms with van der Waals surface area (Å²) in [7, 11) is 0. The number of hydrogen-bond donors (Lipinski definition) is 2. The average molecular weight is 399 g/mol. The fraction of sp³-hybridized carbons (Fsp3) is 0.200. The lowest BCUT2D eigenvalue weighted by atomic mass is 9.67. The molecule has 6 rings (SSSR count). The van der Waals surface area contributed by atoms with Crippen LogP contribution in [0.5, 0.6) is 17.2 Å². The maximum Gasteiger partial charge on any atom is 0.161 e. The first-order valence-electron chi connectivity index (χ1n) is 10.1. The second-order valence-electron chi connectivity index (χ2n) is 8.04. The second-order valence-corrected chi connectivity index (χ2v) is 8.04. The first-order valence-corrected chi connectivity index (χ1v) is 10.1. The third-order valence-corrected chi connectivity index (χ3v) is 6.44. The molecule has 3 aromatic carbocycles. The van der Waals surface area contributed by atoms with E-state index in [-0.39, 0.29) is 17.6 Å². The van der Waals surface area contributed by atoms with E-state index in [1.165, 1.54) is 6.07 Å². The van der Waals surface area contributed by atoms with Crippen molar-refractivity contribution < 1.29 is 19.7 Å². The molecule has 3 aliphatic heterocycles. The van der Waals surface area contributed by atoms with Gasteiger partial charge in [0.2, 0.25) is 0 Å². The van der Waals surface area contributed by atoms with E-state index >= 15 is 0 Å². The lowest BCUT2D eigenvalue weighted by Crippen LogP contribution is -2.41. The Morgan fingerprint density at radius 2 is 1.57 bits per heavy atom. The molecule has 30 heavy (non-hydrogen) atoms. The van der Waals surface area contributed by atoms with Gasteiger partial charge in [-0.3, -0.25) is 0 Å². The van der Waals surface area contributed by atoms with Crippen LogP contribution >= 0.6 is 0 Å². The number of nitrogens with zero attached hydrogens (tertiary/aromatic N) is 1. The minimum atomic E-state index is -0.557. The number of hydrogen-bond acceptors (Lipinski definition) is 5. The molecular weight excluding hydrogens is 378 g/mol. The van der Waals surface area contributed by atoms with E-state index in [4.69, 9.17) is 9.47 Å². The van der Waals surface area contributed by atoms with E-state index in [9.17, 15) is 10.2 Å². The summed E-state index contributed by atoms with van der Waals surface area (Å²) in [4.78, 5) is 2.33. The molecule has 0 aliphatic carbocycles. The molecule has 3 aromatic rings. The van der Waals surface area contributed by atoms with Gasteiger partial charge in [-0.05, 0) is 35.4 Å². The van der Waals surface area contributed by atoms with Crippen LogP contribution in [0.15, 0.2) is 73.0 Å². The average Bonchev–Trinajstić information content (AvgIpc) is 3.41. The molecule has 0 amide bonds. The van der Waals surface area contributed by atoms with Gasteiger partial charge in [0.1, 0.15) is 18.5 Å². The lowest BCUT2D eigenvalue weighted by Gasteiger charge is -2.43. The summed E-state index contributed by atoms with van der Waals surface area (Å²) >= 11 is 0. The molecule has 3 aliphatic rings. The van der Waals surface area contributed by atoms with Crippen molar-refractivity contribution in [3.63, 3.8) is 0 Å². The minimum Gasteiger partial charge on any atom is -0.504 e. The van der Waals surface area contributed by atoms with E-state index < -0.39 is 5.41 Å². The van der Waals surface area contributed by atoms with Gasteiger partial charge in [-0.2, -0.15) is 0 Å². The van der Waals surface area contributed by atoms with Gasteiger partial charge in [0.15, 0.2) is 11.5 Å². The molecule has 1 unspecified atom stereocenters. The highest BCUT2D eigenvalue weighted by Gasteiger charge is 2.50. The Balaban J connectivity index is 1.60. The topological polar surface area (TPSA) is 62.2 Å². The van der Waals surface area contributed by atoms with E-state index in [1.807, 2.05) is 24.3 Å². The maximum atomic E-state index is 10.3. The molecule has 2 N–H and O–H groups in total. The molecule has 3 heterocycles. The van der Waals surface area contributed by atoms with Gasteiger partial charge in [-0.15, -0.1) is 0 Å². The van der Waals surface area contributed by atoms with Crippen molar-refractivity contribution >= 4 is 11.4 Å². The molecule has 0 aromatic heterocycles. The van der Waals surface area contributed by atoms with Gasteiger partial charge in [-0.25, -0.2) is 0 Å². The lowest BCUT2D eigenvalue weighted by molar-refractivity contribution is 0.177. The number of ether oxygens (including phenoxy) is 2. The van der Waals surface area contributed by atoms with E-state index in [0.717, 1.165) is 41.0 Å². The van der Waals surface area contributed by atoms with Crippen molar-refractivity contribution in [2.75, 3.05) is 18.1 Å². The highest BCUT2D eigenvalue weighted by atomic mass is 16.5. The maximum absolute atomic E-state index is 10.3. The summed E-state index contributed by atoms with van der Waals surface area (Å²) in [5.41, 5.74) is 4.78. The third kappa shape index (κ3) is 2.23. The quantitative estimate of drug-likeness (QED) is 0.618. The summed E-state index contributed by atoms with van der Waals surface area (Å²) in [5, 5.41) is 20.3. The zero-order valence-corrected chi connectivity index (χ0v) is 16.3. The van der Waals surface area contributed by atoms with Gasteiger partial charge in [0, 0.05) is 29.4 Å². The Morgan fingerprint density at radius 3 is 2.23 bits per heavy atom. The highest BCUT2D eigenvalue weighted by molar-refractivity contribution is 5.82. The Kier molecular flexibility index (Phi) is 3.57. The minimum absolute atomic E-state index is 0.105. The standard InChI is InChI=1S/C25H21NO4/c27-22-12-19-24(13-23(22)28)30-15-25(19)17-7-1-3-9-20(17)26(14-16-6-5-11-29-16)21-10-4-2-8-18(21)25/h1-5,7-13,16,27-28H,6,14-15H2. The van der Waals surface area contributed by atoms with Crippen LogP contribution in [-0.4, -0.2) is 29.5 Å². The Bertz CT molecular complexity index is 1130. The van der Waals surface area contributed by atoms with Crippen LogP contribution in [0, 0.1) is 0 Å². The number of fused-ring (bicyclic) bond motifs is 6. The normalized spacial score (nSPS) is 19.7. The van der Waals surface area contributed by atoms with Crippen LogP contribution in [0.2, 0.25) is 0 Å². The Hall–Kier alpha value is -3.60. The third-order valence-electron chi connectivity index (χ3n) is 6.44. The Labute approximate surface area is 174 Å². The van der Waals surface area contributed by atoms with Gasteiger partial charge in [-0.1, -0.05) is 36.4 Å². The van der Waals surface area contributed by atoms with Crippen molar-refractivity contribution in [1.82, 2.24) is 0 Å². The smallest absolute Gasteiger partial charge is 0.161 e. The number of phenols is 2. The van der Waals surface area contributed by atoms with Gasteiger partial charge >= 0.3 is 0 Å². The van der Waals surface area contributed by atoms with Crippen LogP contribution in [0.4, 0.5) is 11.4 Å².